The Morgan fingerprint density at radius 2 is 2.18 bits per heavy atom. The van der Waals surface area contributed by atoms with Gasteiger partial charge in [0.1, 0.15) is 0 Å². The Balaban J connectivity index is 2.53. The van der Waals surface area contributed by atoms with E-state index in [-0.39, 0.29) is 0 Å². The van der Waals surface area contributed by atoms with Crippen LogP contribution in [0.15, 0.2) is 36.7 Å². The van der Waals surface area contributed by atoms with Crippen LogP contribution in [0, 0.1) is 0 Å². The Morgan fingerprint density at radius 3 is 2.73 bits per heavy atom. The minimum absolute atomic E-state index is 1.16. The summed E-state index contributed by atoms with van der Waals surface area (Å²) < 4.78 is 2.06. The monoisotopic (exact) mass is 258 g/mol. The maximum atomic E-state index is 3.15. The van der Waals surface area contributed by atoms with Crippen molar-refractivity contribution < 1.29 is 0 Å². The Hall–Kier alpha value is -0.710. The molecule has 2 heterocycles. The van der Waals surface area contributed by atoms with E-state index in [0.717, 1.165) is 5.69 Å². The SMILES string of the molecule is In1cccc1-c1ccc[nH]1. The predicted octanol–water partition coefficient (Wildman–Crippen LogP) is 2.68. The van der Waals surface area contributed by atoms with E-state index < -0.39 is 0 Å². The van der Waals surface area contributed by atoms with Gasteiger partial charge in [0.15, 0.2) is 0 Å². The highest BCUT2D eigenvalue weighted by atomic mass is 127. The van der Waals surface area contributed by atoms with E-state index in [0.29, 0.717) is 0 Å². The molecule has 0 spiro atoms. The van der Waals surface area contributed by atoms with E-state index in [1.807, 2.05) is 24.5 Å². The van der Waals surface area contributed by atoms with E-state index in [1.165, 1.54) is 5.69 Å². The first kappa shape index (κ1) is 6.97. The molecule has 2 nitrogen and oxygen atoms in total. The van der Waals surface area contributed by atoms with Crippen LogP contribution in [0.1, 0.15) is 0 Å². The van der Waals surface area contributed by atoms with Crippen LogP contribution < -0.4 is 0 Å². The maximum absolute atomic E-state index is 3.15. The van der Waals surface area contributed by atoms with Crippen LogP contribution in [-0.4, -0.2) is 7.76 Å². The predicted molar refractivity (Wildman–Crippen MR) is 53.6 cm³/mol. The lowest BCUT2D eigenvalue weighted by Crippen LogP contribution is -1.80. The number of H-pyrrole nitrogens is 1. The number of rotatable bonds is 1. The molecule has 11 heavy (non-hydrogen) atoms. The van der Waals surface area contributed by atoms with Gasteiger partial charge in [0.25, 0.3) is 0 Å². The largest absolute Gasteiger partial charge is 0.360 e. The van der Waals surface area contributed by atoms with Crippen molar-refractivity contribution >= 4 is 22.9 Å². The Kier molecular flexibility index (Phi) is 1.73. The molecular weight excluding hydrogens is 251 g/mol. The zero-order valence-electron chi connectivity index (χ0n) is 5.79. The molecule has 0 radical (unpaired) electrons. The highest BCUT2D eigenvalue weighted by Gasteiger charge is 2.00. The standard InChI is InChI=1S/C8H7IN2/c9-11-6-2-4-8(11)7-3-1-5-10-7/h1-6,10H. The van der Waals surface area contributed by atoms with Gasteiger partial charge in [0.05, 0.1) is 34.3 Å². The molecule has 1 N–H and O–H groups in total. The van der Waals surface area contributed by atoms with E-state index >= 15 is 0 Å². The average Bonchev–Trinajstić information content (AvgIpc) is 2.55. The normalized spacial score (nSPS) is 10.3. The second-order valence-corrected chi connectivity index (χ2v) is 3.33. The fraction of sp³-hybridized carbons (Fsp3) is 0. The number of halogens is 1. The van der Waals surface area contributed by atoms with E-state index in [4.69, 9.17) is 0 Å². The molecular formula is C8H7IN2. The number of hydrogen-bond donors (Lipinski definition) is 1. The molecule has 0 bridgehead atoms. The third-order valence-corrected chi connectivity index (χ3v) is 2.42. The van der Waals surface area contributed by atoms with Gasteiger partial charge < -0.3 is 4.98 Å². The van der Waals surface area contributed by atoms with Gasteiger partial charge in [0, 0.05) is 12.4 Å². The van der Waals surface area contributed by atoms with Gasteiger partial charge in [-0.2, -0.15) is 0 Å². The lowest BCUT2D eigenvalue weighted by molar-refractivity contribution is 1.30. The minimum Gasteiger partial charge on any atom is -0.360 e. The maximum Gasteiger partial charge on any atom is 0.0739 e. The van der Waals surface area contributed by atoms with Gasteiger partial charge in [-0.15, -0.1) is 0 Å². The van der Waals surface area contributed by atoms with Crippen molar-refractivity contribution in [1.82, 2.24) is 7.76 Å². The van der Waals surface area contributed by atoms with Crippen molar-refractivity contribution in [3.8, 4) is 11.4 Å². The number of nitrogens with one attached hydrogen (secondary N) is 1. The number of aromatic nitrogens is 2. The fourth-order valence-corrected chi connectivity index (χ4v) is 1.66. The van der Waals surface area contributed by atoms with Crippen molar-refractivity contribution in [1.29, 1.82) is 0 Å². The first-order valence-corrected chi connectivity index (χ1v) is 4.32. The first-order chi connectivity index (χ1) is 5.38. The molecule has 3 heteroatoms. The molecule has 0 saturated carbocycles. The van der Waals surface area contributed by atoms with E-state index in [9.17, 15) is 0 Å². The molecule has 0 unspecified atom stereocenters. The quantitative estimate of drug-likeness (QED) is 0.759. The van der Waals surface area contributed by atoms with Gasteiger partial charge in [-0.3, -0.25) is 2.78 Å². The smallest absolute Gasteiger partial charge is 0.0739 e. The summed E-state index contributed by atoms with van der Waals surface area (Å²) in [6, 6.07) is 8.17. The van der Waals surface area contributed by atoms with Crippen LogP contribution in [0.3, 0.4) is 0 Å². The molecule has 2 rings (SSSR count). The van der Waals surface area contributed by atoms with Gasteiger partial charge in [-0.05, 0) is 24.3 Å². The molecule has 56 valence electrons. The van der Waals surface area contributed by atoms with Crippen molar-refractivity contribution in [2.45, 2.75) is 0 Å². The zero-order valence-corrected chi connectivity index (χ0v) is 7.95. The van der Waals surface area contributed by atoms with E-state index in [1.54, 1.807) is 0 Å². The summed E-state index contributed by atoms with van der Waals surface area (Å²) >= 11 is 2.25. The minimum atomic E-state index is 1.16. The zero-order chi connectivity index (χ0) is 7.68. The topological polar surface area (TPSA) is 20.7 Å². The summed E-state index contributed by atoms with van der Waals surface area (Å²) in [6.45, 7) is 0. The Morgan fingerprint density at radius 1 is 1.27 bits per heavy atom. The number of hydrogen-bond acceptors (Lipinski definition) is 0. The summed E-state index contributed by atoms with van der Waals surface area (Å²) in [4.78, 5) is 3.15. The van der Waals surface area contributed by atoms with Crippen LogP contribution in [0.4, 0.5) is 0 Å². The van der Waals surface area contributed by atoms with Gasteiger partial charge in [-0.25, -0.2) is 0 Å². The van der Waals surface area contributed by atoms with Gasteiger partial charge >= 0.3 is 0 Å². The van der Waals surface area contributed by atoms with Crippen molar-refractivity contribution in [3.63, 3.8) is 0 Å². The first-order valence-electron chi connectivity index (χ1n) is 3.35. The Labute approximate surface area is 78.7 Å². The molecule has 0 amide bonds. The highest BCUT2D eigenvalue weighted by molar-refractivity contribution is 14.1. The van der Waals surface area contributed by atoms with Gasteiger partial charge in [-0.1, -0.05) is 0 Å². The average molecular weight is 258 g/mol. The second kappa shape index (κ2) is 2.73. The summed E-state index contributed by atoms with van der Waals surface area (Å²) in [5.74, 6) is 0. The van der Waals surface area contributed by atoms with Crippen LogP contribution in [0.5, 0.6) is 0 Å². The summed E-state index contributed by atoms with van der Waals surface area (Å²) in [5, 5.41) is 0. The van der Waals surface area contributed by atoms with E-state index in [2.05, 4.69) is 42.8 Å². The summed E-state index contributed by atoms with van der Waals surface area (Å²) in [5.41, 5.74) is 2.36. The van der Waals surface area contributed by atoms with Gasteiger partial charge in [0.2, 0.25) is 0 Å². The second-order valence-electron chi connectivity index (χ2n) is 2.29. The third-order valence-electron chi connectivity index (χ3n) is 1.58. The van der Waals surface area contributed by atoms with Crippen LogP contribution >= 0.6 is 22.9 Å². The molecule has 2 aromatic heterocycles. The van der Waals surface area contributed by atoms with Crippen molar-refractivity contribution in [2.24, 2.45) is 0 Å². The van der Waals surface area contributed by atoms with Crippen LogP contribution in [0.2, 0.25) is 0 Å². The fourth-order valence-electron chi connectivity index (χ4n) is 1.06. The Bertz CT molecular complexity index is 335. The molecule has 0 aromatic carbocycles. The lowest BCUT2D eigenvalue weighted by atomic mass is 10.3. The highest BCUT2D eigenvalue weighted by Crippen LogP contribution is 2.19. The summed E-state index contributed by atoms with van der Waals surface area (Å²) in [6.07, 6.45) is 3.95. The van der Waals surface area contributed by atoms with Crippen LogP contribution in [-0.2, 0) is 0 Å². The molecule has 0 atom stereocenters. The third kappa shape index (κ3) is 1.20. The number of nitrogens with zero attached hydrogens (tertiary/aromatic N) is 1. The molecule has 0 aliphatic heterocycles. The molecule has 2 aromatic rings. The summed E-state index contributed by atoms with van der Waals surface area (Å²) in [7, 11) is 0. The molecule has 0 saturated heterocycles. The lowest BCUT2D eigenvalue weighted by Gasteiger charge is -1.96. The van der Waals surface area contributed by atoms with Crippen LogP contribution in [0.25, 0.3) is 11.4 Å². The molecule has 0 fully saturated rings. The van der Waals surface area contributed by atoms with Crippen molar-refractivity contribution in [2.75, 3.05) is 0 Å². The molecule has 0 aliphatic carbocycles. The molecule has 0 aliphatic rings. The van der Waals surface area contributed by atoms with Crippen molar-refractivity contribution in [3.05, 3.63) is 36.7 Å². The number of aromatic amines is 1.